The van der Waals surface area contributed by atoms with Crippen molar-refractivity contribution in [2.24, 2.45) is 5.92 Å². The van der Waals surface area contributed by atoms with Crippen LogP contribution in [0.3, 0.4) is 0 Å². The molecule has 2 aromatic carbocycles. The quantitative estimate of drug-likeness (QED) is 0.708. The van der Waals surface area contributed by atoms with Crippen molar-refractivity contribution >= 4 is 33.2 Å². The fraction of sp³-hybridized carbons (Fsp3) is 0.381. The van der Waals surface area contributed by atoms with Crippen molar-refractivity contribution in [3.05, 3.63) is 52.8 Å². The number of aryl methyl sites for hydroxylation is 1. The van der Waals surface area contributed by atoms with Crippen LogP contribution in [0.5, 0.6) is 5.75 Å². The zero-order chi connectivity index (χ0) is 21.9. The average Bonchev–Trinajstić information content (AvgIpc) is 2.72. The van der Waals surface area contributed by atoms with Crippen LogP contribution in [0.25, 0.3) is 0 Å². The fourth-order valence-electron chi connectivity index (χ4n) is 3.43. The fourth-order valence-corrected chi connectivity index (χ4v) is 5.16. The largest absolute Gasteiger partial charge is 0.494 e. The van der Waals surface area contributed by atoms with E-state index in [1.165, 1.54) is 22.5 Å². The van der Waals surface area contributed by atoms with E-state index in [9.17, 15) is 17.6 Å². The normalized spacial score (nSPS) is 15.7. The summed E-state index contributed by atoms with van der Waals surface area (Å²) in [7, 11) is -3.65. The zero-order valence-corrected chi connectivity index (χ0v) is 18.4. The van der Waals surface area contributed by atoms with Crippen LogP contribution in [0.15, 0.2) is 41.3 Å². The topological polar surface area (TPSA) is 75.7 Å². The van der Waals surface area contributed by atoms with E-state index in [0.29, 0.717) is 30.9 Å². The summed E-state index contributed by atoms with van der Waals surface area (Å²) in [4.78, 5) is 12.7. The molecular formula is C21H24ClFN2O4S. The first-order chi connectivity index (χ1) is 14.2. The number of sulfonamides is 1. The second-order valence-electron chi connectivity index (χ2n) is 7.16. The molecule has 1 heterocycles. The Labute approximate surface area is 181 Å². The van der Waals surface area contributed by atoms with Gasteiger partial charge < -0.3 is 10.1 Å². The molecule has 0 saturated carbocycles. The molecule has 0 aliphatic carbocycles. The number of nitrogens with one attached hydrogen (secondary N) is 1. The third kappa shape index (κ3) is 4.94. The lowest BCUT2D eigenvalue weighted by Crippen LogP contribution is -2.41. The molecule has 0 spiro atoms. The molecule has 1 fully saturated rings. The number of amides is 1. The number of carbonyl (C=O) groups excluding carboxylic acids is 1. The Morgan fingerprint density at radius 1 is 1.23 bits per heavy atom. The third-order valence-electron chi connectivity index (χ3n) is 5.10. The Morgan fingerprint density at radius 2 is 1.93 bits per heavy atom. The summed E-state index contributed by atoms with van der Waals surface area (Å²) in [5.41, 5.74) is 1.16. The predicted octanol–water partition coefficient (Wildman–Crippen LogP) is 4.23. The maximum atomic E-state index is 13.3. The highest BCUT2D eigenvalue weighted by Crippen LogP contribution is 2.28. The number of nitrogens with zero attached hydrogens (tertiary/aromatic N) is 1. The van der Waals surface area contributed by atoms with E-state index in [2.05, 4.69) is 5.32 Å². The van der Waals surface area contributed by atoms with Gasteiger partial charge in [0.1, 0.15) is 11.6 Å². The van der Waals surface area contributed by atoms with Crippen LogP contribution < -0.4 is 10.1 Å². The molecule has 1 amide bonds. The van der Waals surface area contributed by atoms with Crippen molar-refractivity contribution < 1.29 is 22.3 Å². The van der Waals surface area contributed by atoms with Gasteiger partial charge in [-0.25, -0.2) is 12.8 Å². The Morgan fingerprint density at radius 3 is 2.53 bits per heavy atom. The second-order valence-corrected chi connectivity index (χ2v) is 9.50. The van der Waals surface area contributed by atoms with Gasteiger partial charge in [0.05, 0.1) is 16.5 Å². The summed E-state index contributed by atoms with van der Waals surface area (Å²) in [6.07, 6.45) is 0.798. The van der Waals surface area contributed by atoms with Crippen LogP contribution in [-0.2, 0) is 14.8 Å². The van der Waals surface area contributed by atoms with Crippen LogP contribution in [0.1, 0.15) is 25.3 Å². The van der Waals surface area contributed by atoms with Gasteiger partial charge in [-0.05, 0) is 68.7 Å². The minimum absolute atomic E-state index is 0.0700. The number of ether oxygens (including phenoxy) is 1. The van der Waals surface area contributed by atoms with E-state index in [0.717, 1.165) is 5.56 Å². The highest BCUT2D eigenvalue weighted by molar-refractivity contribution is 7.89. The molecule has 30 heavy (non-hydrogen) atoms. The smallest absolute Gasteiger partial charge is 0.243 e. The van der Waals surface area contributed by atoms with Crippen LogP contribution in [0, 0.1) is 18.7 Å². The average molecular weight is 455 g/mol. The third-order valence-corrected chi connectivity index (χ3v) is 7.28. The molecule has 6 nitrogen and oxygen atoms in total. The zero-order valence-electron chi connectivity index (χ0n) is 16.8. The van der Waals surface area contributed by atoms with Crippen molar-refractivity contribution in [3.63, 3.8) is 0 Å². The van der Waals surface area contributed by atoms with Gasteiger partial charge in [-0.15, -0.1) is 0 Å². The van der Waals surface area contributed by atoms with Crippen molar-refractivity contribution in [2.75, 3.05) is 25.0 Å². The first-order valence-corrected chi connectivity index (χ1v) is 11.5. The standard InChI is InChI=1S/C21H24ClFN2O4S/c1-3-29-20-7-5-17(12-14(20)2)30(27,28)25-10-8-15(9-11-25)21(26)24-16-4-6-19(23)18(22)13-16/h4-7,12-13,15H,3,8-11H2,1-2H3,(H,24,26). The number of piperidine rings is 1. The molecule has 1 aliphatic heterocycles. The van der Waals surface area contributed by atoms with Crippen LogP contribution in [-0.4, -0.2) is 38.3 Å². The van der Waals surface area contributed by atoms with E-state index in [1.54, 1.807) is 18.2 Å². The lowest BCUT2D eigenvalue weighted by atomic mass is 9.97. The maximum absolute atomic E-state index is 13.3. The molecule has 1 aliphatic rings. The van der Waals surface area contributed by atoms with E-state index in [4.69, 9.17) is 16.3 Å². The number of carbonyl (C=O) groups is 1. The molecule has 0 bridgehead atoms. The number of hydrogen-bond acceptors (Lipinski definition) is 4. The molecule has 0 atom stereocenters. The van der Waals surface area contributed by atoms with Gasteiger partial charge in [0, 0.05) is 24.7 Å². The van der Waals surface area contributed by atoms with Crippen LogP contribution >= 0.6 is 11.6 Å². The Kier molecular flexibility index (Phi) is 7.00. The van der Waals surface area contributed by atoms with Crippen LogP contribution in [0.2, 0.25) is 5.02 Å². The SMILES string of the molecule is CCOc1ccc(S(=O)(=O)N2CCC(C(=O)Nc3ccc(F)c(Cl)c3)CC2)cc1C. The second kappa shape index (κ2) is 9.32. The van der Waals surface area contributed by atoms with E-state index in [-0.39, 0.29) is 34.8 Å². The molecular weight excluding hydrogens is 431 g/mol. The Hall–Kier alpha value is -2.16. The van der Waals surface area contributed by atoms with Gasteiger partial charge in [0.2, 0.25) is 15.9 Å². The molecule has 3 rings (SSSR count). The van der Waals surface area contributed by atoms with Gasteiger partial charge in [-0.2, -0.15) is 4.31 Å². The number of rotatable bonds is 6. The van der Waals surface area contributed by atoms with Crippen LogP contribution in [0.4, 0.5) is 10.1 Å². The Bertz CT molecular complexity index is 1040. The van der Waals surface area contributed by atoms with Gasteiger partial charge >= 0.3 is 0 Å². The van der Waals surface area contributed by atoms with Gasteiger partial charge in [-0.1, -0.05) is 11.6 Å². The van der Waals surface area contributed by atoms with E-state index >= 15 is 0 Å². The van der Waals surface area contributed by atoms with Gasteiger partial charge in [-0.3, -0.25) is 4.79 Å². The Balaban J connectivity index is 1.63. The monoisotopic (exact) mass is 454 g/mol. The molecule has 2 aromatic rings. The first-order valence-electron chi connectivity index (χ1n) is 9.72. The van der Waals surface area contributed by atoms with Crippen molar-refractivity contribution in [1.82, 2.24) is 4.31 Å². The lowest BCUT2D eigenvalue weighted by Gasteiger charge is -2.30. The van der Waals surface area contributed by atoms with E-state index < -0.39 is 15.8 Å². The van der Waals surface area contributed by atoms with Crippen molar-refractivity contribution in [1.29, 1.82) is 0 Å². The molecule has 0 radical (unpaired) electrons. The lowest BCUT2D eigenvalue weighted by molar-refractivity contribution is -0.120. The number of hydrogen-bond donors (Lipinski definition) is 1. The van der Waals surface area contributed by atoms with E-state index in [1.807, 2.05) is 13.8 Å². The van der Waals surface area contributed by atoms with Gasteiger partial charge in [0.25, 0.3) is 0 Å². The molecule has 0 unspecified atom stereocenters. The first kappa shape index (κ1) is 22.5. The number of anilines is 1. The number of halogens is 2. The van der Waals surface area contributed by atoms with Crippen molar-refractivity contribution in [3.8, 4) is 5.75 Å². The highest BCUT2D eigenvalue weighted by atomic mass is 35.5. The summed E-state index contributed by atoms with van der Waals surface area (Å²) in [6, 6.07) is 8.79. The minimum atomic E-state index is -3.65. The van der Waals surface area contributed by atoms with Crippen molar-refractivity contribution in [2.45, 2.75) is 31.6 Å². The number of benzene rings is 2. The molecule has 9 heteroatoms. The summed E-state index contributed by atoms with van der Waals surface area (Å²) in [5.74, 6) is -0.459. The highest BCUT2D eigenvalue weighted by Gasteiger charge is 2.32. The molecule has 162 valence electrons. The minimum Gasteiger partial charge on any atom is -0.494 e. The molecule has 0 aromatic heterocycles. The molecule has 1 saturated heterocycles. The summed E-state index contributed by atoms with van der Waals surface area (Å²) >= 11 is 5.74. The summed E-state index contributed by atoms with van der Waals surface area (Å²) < 4.78 is 46.1. The summed E-state index contributed by atoms with van der Waals surface area (Å²) in [6.45, 7) is 4.68. The summed E-state index contributed by atoms with van der Waals surface area (Å²) in [5, 5.41) is 2.65. The van der Waals surface area contributed by atoms with Gasteiger partial charge in [0.15, 0.2) is 0 Å². The predicted molar refractivity (Wildman–Crippen MR) is 114 cm³/mol. The maximum Gasteiger partial charge on any atom is 0.243 e. The molecule has 1 N–H and O–H groups in total.